The molecule has 18 heavy (non-hydrogen) atoms. The number of aromatic nitrogens is 1. The Morgan fingerprint density at radius 2 is 2.00 bits per heavy atom. The third kappa shape index (κ3) is 3.09. The van der Waals surface area contributed by atoms with Crippen LogP contribution in [-0.4, -0.2) is 4.98 Å². The van der Waals surface area contributed by atoms with Crippen molar-refractivity contribution < 1.29 is 0 Å². The van der Waals surface area contributed by atoms with Gasteiger partial charge in [-0.3, -0.25) is 0 Å². The molecule has 1 heterocycles. The minimum atomic E-state index is 0.197. The molecule has 0 saturated carbocycles. The lowest BCUT2D eigenvalue weighted by atomic mass is 10.1. The summed E-state index contributed by atoms with van der Waals surface area (Å²) >= 11 is 3.48. The standard InChI is InChI=1S/C14H16BrN3/c1-10(12-6-4-11(9-16)5-7-12)18-14-13(15)3-2-8-17-14/h2-8,10H,9,16H2,1H3,(H,17,18). The summed E-state index contributed by atoms with van der Waals surface area (Å²) < 4.78 is 0.968. The van der Waals surface area contributed by atoms with Crippen molar-refractivity contribution in [3.8, 4) is 0 Å². The van der Waals surface area contributed by atoms with Crippen molar-refractivity contribution in [3.63, 3.8) is 0 Å². The van der Waals surface area contributed by atoms with Gasteiger partial charge in [0.2, 0.25) is 0 Å². The van der Waals surface area contributed by atoms with Crippen LogP contribution in [0.15, 0.2) is 47.1 Å². The number of hydrogen-bond acceptors (Lipinski definition) is 3. The zero-order valence-electron chi connectivity index (χ0n) is 10.2. The van der Waals surface area contributed by atoms with Gasteiger partial charge >= 0.3 is 0 Å². The number of rotatable bonds is 4. The summed E-state index contributed by atoms with van der Waals surface area (Å²) in [7, 11) is 0. The average Bonchev–Trinajstić information content (AvgIpc) is 2.41. The van der Waals surface area contributed by atoms with E-state index in [1.54, 1.807) is 6.20 Å². The van der Waals surface area contributed by atoms with Crippen LogP contribution >= 0.6 is 15.9 Å². The second-order valence-electron chi connectivity index (χ2n) is 4.15. The summed E-state index contributed by atoms with van der Waals surface area (Å²) in [5.74, 6) is 0.855. The highest BCUT2D eigenvalue weighted by atomic mass is 79.9. The van der Waals surface area contributed by atoms with E-state index in [2.05, 4.69) is 57.4 Å². The molecule has 0 amide bonds. The highest BCUT2D eigenvalue weighted by molar-refractivity contribution is 9.10. The van der Waals surface area contributed by atoms with Crippen LogP contribution in [0.4, 0.5) is 5.82 Å². The van der Waals surface area contributed by atoms with Gasteiger partial charge in [-0.15, -0.1) is 0 Å². The van der Waals surface area contributed by atoms with Crippen LogP contribution in [0.2, 0.25) is 0 Å². The van der Waals surface area contributed by atoms with E-state index >= 15 is 0 Å². The SMILES string of the molecule is CC(Nc1ncccc1Br)c1ccc(CN)cc1. The van der Waals surface area contributed by atoms with Crippen LogP contribution < -0.4 is 11.1 Å². The molecule has 2 rings (SSSR count). The number of nitrogens with zero attached hydrogens (tertiary/aromatic N) is 1. The maximum Gasteiger partial charge on any atom is 0.140 e. The maximum atomic E-state index is 5.59. The predicted octanol–water partition coefficient (Wildman–Crippen LogP) is 3.48. The van der Waals surface area contributed by atoms with Crippen LogP contribution in [0.25, 0.3) is 0 Å². The molecule has 3 nitrogen and oxygen atoms in total. The fraction of sp³-hybridized carbons (Fsp3) is 0.214. The molecule has 0 aliphatic carbocycles. The van der Waals surface area contributed by atoms with E-state index in [-0.39, 0.29) is 6.04 Å². The summed E-state index contributed by atoms with van der Waals surface area (Å²) in [4.78, 5) is 4.30. The van der Waals surface area contributed by atoms with E-state index in [0.717, 1.165) is 15.9 Å². The molecule has 1 unspecified atom stereocenters. The fourth-order valence-corrected chi connectivity index (χ4v) is 2.09. The molecule has 1 atom stereocenters. The molecule has 94 valence electrons. The normalized spacial score (nSPS) is 12.2. The minimum Gasteiger partial charge on any atom is -0.363 e. The Morgan fingerprint density at radius 1 is 1.28 bits per heavy atom. The van der Waals surface area contributed by atoms with E-state index in [1.807, 2.05) is 12.1 Å². The monoisotopic (exact) mass is 305 g/mol. The molecule has 4 heteroatoms. The molecule has 0 saturated heterocycles. The van der Waals surface area contributed by atoms with Gasteiger partial charge in [0.05, 0.1) is 4.47 Å². The van der Waals surface area contributed by atoms with Gasteiger partial charge in [0.25, 0.3) is 0 Å². The van der Waals surface area contributed by atoms with Crippen LogP contribution in [0, 0.1) is 0 Å². The summed E-state index contributed by atoms with van der Waals surface area (Å²) in [6.07, 6.45) is 1.78. The molecule has 1 aromatic carbocycles. The molecule has 2 aromatic rings. The molecule has 0 aliphatic rings. The first-order valence-corrected chi connectivity index (χ1v) is 6.66. The maximum absolute atomic E-state index is 5.59. The topological polar surface area (TPSA) is 50.9 Å². The Kier molecular flexibility index (Phi) is 4.33. The van der Waals surface area contributed by atoms with Gasteiger partial charge in [-0.2, -0.15) is 0 Å². The van der Waals surface area contributed by atoms with Crippen molar-refractivity contribution in [3.05, 3.63) is 58.2 Å². The van der Waals surface area contributed by atoms with Gasteiger partial charge in [0, 0.05) is 18.8 Å². The summed E-state index contributed by atoms with van der Waals surface area (Å²) in [5, 5.41) is 3.37. The highest BCUT2D eigenvalue weighted by Gasteiger charge is 2.07. The molecular weight excluding hydrogens is 290 g/mol. The number of hydrogen-bond donors (Lipinski definition) is 2. The van der Waals surface area contributed by atoms with Crippen molar-refractivity contribution >= 4 is 21.7 Å². The quantitative estimate of drug-likeness (QED) is 0.909. The molecule has 0 aliphatic heterocycles. The van der Waals surface area contributed by atoms with E-state index in [1.165, 1.54) is 5.56 Å². The smallest absolute Gasteiger partial charge is 0.140 e. The Bertz CT molecular complexity index is 511. The number of halogens is 1. The van der Waals surface area contributed by atoms with Crippen LogP contribution in [0.3, 0.4) is 0 Å². The zero-order valence-corrected chi connectivity index (χ0v) is 11.8. The number of benzene rings is 1. The minimum absolute atomic E-state index is 0.197. The van der Waals surface area contributed by atoms with Crippen molar-refractivity contribution in [2.75, 3.05) is 5.32 Å². The van der Waals surface area contributed by atoms with Crippen molar-refractivity contribution in [1.29, 1.82) is 0 Å². The molecule has 0 fully saturated rings. The first kappa shape index (κ1) is 13.1. The predicted molar refractivity (Wildman–Crippen MR) is 78.3 cm³/mol. The molecule has 0 spiro atoms. The van der Waals surface area contributed by atoms with E-state index in [0.29, 0.717) is 6.54 Å². The van der Waals surface area contributed by atoms with Gasteiger partial charge < -0.3 is 11.1 Å². The van der Waals surface area contributed by atoms with Crippen molar-refractivity contribution in [1.82, 2.24) is 4.98 Å². The van der Waals surface area contributed by atoms with Gasteiger partial charge in [-0.1, -0.05) is 24.3 Å². The summed E-state index contributed by atoms with van der Waals surface area (Å²) in [5.41, 5.74) is 7.94. The first-order chi connectivity index (χ1) is 8.70. The molecule has 0 radical (unpaired) electrons. The lowest BCUT2D eigenvalue weighted by Crippen LogP contribution is -2.08. The lowest BCUT2D eigenvalue weighted by molar-refractivity contribution is 0.870. The Balaban J connectivity index is 2.11. The molecule has 1 aromatic heterocycles. The fourth-order valence-electron chi connectivity index (χ4n) is 1.72. The second-order valence-corrected chi connectivity index (χ2v) is 5.00. The van der Waals surface area contributed by atoms with E-state index < -0.39 is 0 Å². The Labute approximate surface area is 116 Å². The summed E-state index contributed by atoms with van der Waals surface area (Å²) in [6, 6.07) is 12.4. The van der Waals surface area contributed by atoms with Gasteiger partial charge in [-0.05, 0) is 46.1 Å². The number of anilines is 1. The summed E-state index contributed by atoms with van der Waals surface area (Å²) in [6.45, 7) is 2.69. The van der Waals surface area contributed by atoms with E-state index in [9.17, 15) is 0 Å². The van der Waals surface area contributed by atoms with Crippen LogP contribution in [-0.2, 0) is 6.54 Å². The number of pyridine rings is 1. The Hall–Kier alpha value is -1.39. The van der Waals surface area contributed by atoms with E-state index in [4.69, 9.17) is 5.73 Å². The van der Waals surface area contributed by atoms with Crippen LogP contribution in [0.5, 0.6) is 0 Å². The lowest BCUT2D eigenvalue weighted by Gasteiger charge is -2.16. The largest absolute Gasteiger partial charge is 0.363 e. The van der Waals surface area contributed by atoms with Crippen molar-refractivity contribution in [2.24, 2.45) is 5.73 Å². The second kappa shape index (κ2) is 5.98. The highest BCUT2D eigenvalue weighted by Crippen LogP contribution is 2.24. The first-order valence-electron chi connectivity index (χ1n) is 5.86. The van der Waals surface area contributed by atoms with Gasteiger partial charge in [0.1, 0.15) is 5.82 Å². The van der Waals surface area contributed by atoms with Crippen LogP contribution in [0.1, 0.15) is 24.1 Å². The molecule has 0 bridgehead atoms. The number of nitrogens with one attached hydrogen (secondary N) is 1. The van der Waals surface area contributed by atoms with Crippen molar-refractivity contribution in [2.45, 2.75) is 19.5 Å². The van der Waals surface area contributed by atoms with Gasteiger partial charge in [0.15, 0.2) is 0 Å². The number of nitrogens with two attached hydrogens (primary N) is 1. The third-order valence-electron chi connectivity index (χ3n) is 2.83. The zero-order chi connectivity index (χ0) is 13.0. The third-order valence-corrected chi connectivity index (χ3v) is 3.47. The van der Waals surface area contributed by atoms with Gasteiger partial charge in [-0.25, -0.2) is 4.98 Å². The average molecular weight is 306 g/mol. The molecule has 3 N–H and O–H groups in total. The Morgan fingerprint density at radius 3 is 2.61 bits per heavy atom. The molecular formula is C14H16BrN3.